The minimum absolute atomic E-state index is 0.122. The highest BCUT2D eigenvalue weighted by Crippen LogP contribution is 2.28. The number of aldehydes is 1. The van der Waals surface area contributed by atoms with Crippen LogP contribution in [0.2, 0.25) is 0 Å². The number of para-hydroxylation sites is 1. The van der Waals surface area contributed by atoms with E-state index < -0.39 is 0 Å². The Bertz CT molecular complexity index is 576. The molecule has 0 aliphatic carbocycles. The monoisotopic (exact) mass is 246 g/mol. The van der Waals surface area contributed by atoms with E-state index in [2.05, 4.69) is 5.10 Å². The summed E-state index contributed by atoms with van der Waals surface area (Å²) in [6.07, 6.45) is 0.721. The third-order valence-electron chi connectivity index (χ3n) is 2.68. The smallest absolute Gasteiger partial charge is 0.228 e. The maximum absolute atomic E-state index is 11.0. The number of aryl methyl sites for hydroxylation is 2. The maximum Gasteiger partial charge on any atom is 0.228 e. The van der Waals surface area contributed by atoms with E-state index in [0.717, 1.165) is 6.29 Å². The van der Waals surface area contributed by atoms with Crippen LogP contribution >= 0.6 is 0 Å². The topological polar surface area (TPSA) is 64.3 Å². The molecule has 5 nitrogen and oxygen atoms in total. The summed E-state index contributed by atoms with van der Waals surface area (Å²) in [4.78, 5) is 11.0. The number of rotatable bonds is 4. The number of hydrogen-bond acceptors (Lipinski definition) is 4. The minimum atomic E-state index is -0.122. The fraction of sp³-hybridized carbons (Fsp3) is 0.231. The van der Waals surface area contributed by atoms with Crippen molar-refractivity contribution >= 4 is 6.29 Å². The number of hydrogen-bond donors (Lipinski definition) is 1. The van der Waals surface area contributed by atoms with Crippen molar-refractivity contribution in [3.8, 4) is 11.6 Å². The zero-order valence-electron chi connectivity index (χ0n) is 10.3. The van der Waals surface area contributed by atoms with Crippen molar-refractivity contribution in [3.63, 3.8) is 0 Å². The molecule has 2 aromatic rings. The van der Waals surface area contributed by atoms with Gasteiger partial charge in [0, 0.05) is 12.6 Å². The van der Waals surface area contributed by atoms with Gasteiger partial charge >= 0.3 is 0 Å². The third-order valence-corrected chi connectivity index (χ3v) is 2.68. The fourth-order valence-corrected chi connectivity index (χ4v) is 1.75. The lowest BCUT2D eigenvalue weighted by atomic mass is 10.2. The molecule has 0 radical (unpaired) electrons. The Balaban J connectivity index is 2.42. The summed E-state index contributed by atoms with van der Waals surface area (Å²) < 4.78 is 7.19. The number of aliphatic hydroxyl groups is 1. The van der Waals surface area contributed by atoms with E-state index in [9.17, 15) is 9.90 Å². The zero-order valence-corrected chi connectivity index (χ0v) is 10.3. The number of benzene rings is 1. The Morgan fingerprint density at radius 3 is 2.83 bits per heavy atom. The number of ether oxygens (including phenoxy) is 1. The van der Waals surface area contributed by atoms with E-state index in [4.69, 9.17) is 4.74 Å². The molecule has 0 spiro atoms. The molecule has 1 heterocycles. The minimum Gasteiger partial charge on any atom is -0.438 e. The molecule has 0 saturated carbocycles. The van der Waals surface area contributed by atoms with Crippen LogP contribution in [0.5, 0.6) is 11.6 Å². The van der Waals surface area contributed by atoms with Crippen molar-refractivity contribution in [1.82, 2.24) is 9.78 Å². The average molecular weight is 246 g/mol. The Hall–Kier alpha value is -2.14. The van der Waals surface area contributed by atoms with Crippen molar-refractivity contribution in [2.75, 3.05) is 0 Å². The molecule has 0 bridgehead atoms. The highest BCUT2D eigenvalue weighted by Gasteiger charge is 2.15. The second-order valence-electron chi connectivity index (χ2n) is 3.91. The van der Waals surface area contributed by atoms with Gasteiger partial charge in [-0.05, 0) is 13.0 Å². The summed E-state index contributed by atoms with van der Waals surface area (Å²) in [7, 11) is 1.71. The van der Waals surface area contributed by atoms with Gasteiger partial charge in [-0.2, -0.15) is 5.10 Å². The van der Waals surface area contributed by atoms with Crippen LogP contribution < -0.4 is 4.74 Å². The largest absolute Gasteiger partial charge is 0.438 e. The van der Waals surface area contributed by atoms with Crippen LogP contribution in [0.4, 0.5) is 0 Å². The van der Waals surface area contributed by atoms with Crippen LogP contribution in [-0.4, -0.2) is 21.2 Å². The summed E-state index contributed by atoms with van der Waals surface area (Å²) in [5, 5.41) is 13.4. The Morgan fingerprint density at radius 2 is 2.17 bits per heavy atom. The molecule has 94 valence electrons. The van der Waals surface area contributed by atoms with Gasteiger partial charge in [0.15, 0.2) is 6.29 Å². The van der Waals surface area contributed by atoms with E-state index in [1.54, 1.807) is 32.2 Å². The maximum atomic E-state index is 11.0. The molecule has 0 aliphatic heterocycles. The number of carbonyl (C=O) groups is 1. The van der Waals surface area contributed by atoms with Gasteiger partial charge in [-0.1, -0.05) is 18.2 Å². The van der Waals surface area contributed by atoms with Gasteiger partial charge in [-0.3, -0.25) is 4.79 Å². The van der Waals surface area contributed by atoms with Crippen molar-refractivity contribution in [3.05, 3.63) is 41.1 Å². The zero-order chi connectivity index (χ0) is 13.1. The van der Waals surface area contributed by atoms with E-state index in [1.165, 1.54) is 4.68 Å². The molecule has 2 rings (SSSR count). The molecule has 0 atom stereocenters. The van der Waals surface area contributed by atoms with Gasteiger partial charge in [-0.15, -0.1) is 0 Å². The predicted octanol–water partition coefficient (Wildman–Crippen LogP) is 1.83. The van der Waals surface area contributed by atoms with Crippen LogP contribution in [0.15, 0.2) is 24.3 Å². The highest BCUT2D eigenvalue weighted by atomic mass is 16.5. The SMILES string of the molecule is Cc1nn(C)c(Oc2ccccc2CO)c1C=O. The Morgan fingerprint density at radius 1 is 1.44 bits per heavy atom. The predicted molar refractivity (Wildman–Crippen MR) is 65.8 cm³/mol. The van der Waals surface area contributed by atoms with Gasteiger partial charge in [0.1, 0.15) is 5.75 Å². The molecular formula is C13H14N2O3. The first-order valence-electron chi connectivity index (χ1n) is 5.52. The first-order valence-corrected chi connectivity index (χ1v) is 5.52. The van der Waals surface area contributed by atoms with Gasteiger partial charge in [0.05, 0.1) is 17.9 Å². The van der Waals surface area contributed by atoms with Crippen molar-refractivity contribution in [2.45, 2.75) is 13.5 Å². The lowest BCUT2D eigenvalue weighted by molar-refractivity contribution is 0.112. The standard InChI is InChI=1S/C13H14N2O3/c1-9-11(8-17)13(15(2)14-9)18-12-6-4-3-5-10(12)7-16/h3-6,8,16H,7H2,1-2H3. The van der Waals surface area contributed by atoms with E-state index in [0.29, 0.717) is 28.5 Å². The van der Waals surface area contributed by atoms with Crippen molar-refractivity contribution < 1.29 is 14.6 Å². The number of aliphatic hydroxyl groups excluding tert-OH is 1. The second kappa shape index (κ2) is 5.01. The van der Waals surface area contributed by atoms with Crippen LogP contribution in [0, 0.1) is 6.92 Å². The van der Waals surface area contributed by atoms with Gasteiger partial charge in [-0.25, -0.2) is 4.68 Å². The molecule has 5 heteroatoms. The summed E-state index contributed by atoms with van der Waals surface area (Å²) in [5.74, 6) is 0.898. The van der Waals surface area contributed by atoms with E-state index in [1.807, 2.05) is 6.07 Å². The summed E-state index contributed by atoms with van der Waals surface area (Å²) in [6, 6.07) is 7.12. The number of nitrogens with zero attached hydrogens (tertiary/aromatic N) is 2. The van der Waals surface area contributed by atoms with Crippen LogP contribution in [-0.2, 0) is 13.7 Å². The van der Waals surface area contributed by atoms with Gasteiger partial charge in [0.2, 0.25) is 5.88 Å². The molecule has 0 aliphatic rings. The highest BCUT2D eigenvalue weighted by molar-refractivity contribution is 5.80. The van der Waals surface area contributed by atoms with E-state index in [-0.39, 0.29) is 6.61 Å². The quantitative estimate of drug-likeness (QED) is 0.836. The molecule has 0 amide bonds. The Kier molecular flexibility index (Phi) is 3.43. The molecule has 1 N–H and O–H groups in total. The van der Waals surface area contributed by atoms with E-state index >= 15 is 0 Å². The second-order valence-corrected chi connectivity index (χ2v) is 3.91. The lowest BCUT2D eigenvalue weighted by Crippen LogP contribution is -1.99. The van der Waals surface area contributed by atoms with Crippen LogP contribution in [0.1, 0.15) is 21.6 Å². The fourth-order valence-electron chi connectivity index (χ4n) is 1.75. The number of aromatic nitrogens is 2. The molecule has 18 heavy (non-hydrogen) atoms. The van der Waals surface area contributed by atoms with Crippen LogP contribution in [0.25, 0.3) is 0 Å². The third kappa shape index (κ3) is 2.12. The molecular weight excluding hydrogens is 232 g/mol. The lowest BCUT2D eigenvalue weighted by Gasteiger charge is -2.09. The van der Waals surface area contributed by atoms with Crippen molar-refractivity contribution in [1.29, 1.82) is 0 Å². The summed E-state index contributed by atoms with van der Waals surface area (Å²) in [6.45, 7) is 1.62. The molecule has 1 aromatic heterocycles. The summed E-state index contributed by atoms with van der Waals surface area (Å²) >= 11 is 0. The molecule has 1 aromatic carbocycles. The van der Waals surface area contributed by atoms with Crippen LogP contribution in [0.3, 0.4) is 0 Å². The summed E-state index contributed by atoms with van der Waals surface area (Å²) in [5.41, 5.74) is 1.70. The average Bonchev–Trinajstić information content (AvgIpc) is 2.64. The first kappa shape index (κ1) is 12.3. The normalized spacial score (nSPS) is 10.4. The molecule has 0 unspecified atom stereocenters. The van der Waals surface area contributed by atoms with Gasteiger partial charge in [0.25, 0.3) is 0 Å². The Labute approximate surface area is 105 Å². The molecule has 0 fully saturated rings. The van der Waals surface area contributed by atoms with Crippen molar-refractivity contribution in [2.24, 2.45) is 7.05 Å². The van der Waals surface area contributed by atoms with Gasteiger partial charge < -0.3 is 9.84 Å². The first-order chi connectivity index (χ1) is 8.67. The number of carbonyl (C=O) groups excluding carboxylic acids is 1. The molecule has 0 saturated heterocycles.